The number of benzene rings is 2. The standard InChI is InChI=1S/C30H34F3N7O2/c1-17-8-5-9-20-10-6-12-22(23(17)20)40-27(41)25-24(35-28(40)30(31,32)33)26(39-18(2)14-34-15-19(39)3)37-29(36-25)42-16-21-11-7-13-38(21)4/h5-6,8-10,12,18-19,21,34H,7,11,13-16H2,1-4H3/t18-,19-,21-/m0/s1. The number of piperazine rings is 1. The van der Waals surface area contributed by atoms with Gasteiger partial charge in [-0.15, -0.1) is 0 Å². The maximum Gasteiger partial charge on any atom is 0.450 e. The summed E-state index contributed by atoms with van der Waals surface area (Å²) < 4.78 is 51.0. The molecule has 4 heterocycles. The van der Waals surface area contributed by atoms with Crippen molar-refractivity contribution < 1.29 is 17.9 Å². The molecule has 9 nitrogen and oxygen atoms in total. The molecule has 2 aromatic heterocycles. The van der Waals surface area contributed by atoms with E-state index in [0.717, 1.165) is 24.9 Å². The van der Waals surface area contributed by atoms with Crippen molar-refractivity contribution >= 4 is 27.6 Å². The second-order valence-corrected chi connectivity index (χ2v) is 11.4. The summed E-state index contributed by atoms with van der Waals surface area (Å²) in [6.07, 6.45) is -2.94. The third-order valence-electron chi connectivity index (χ3n) is 8.42. The predicted octanol–water partition coefficient (Wildman–Crippen LogP) is 4.32. The molecule has 3 atom stereocenters. The zero-order valence-corrected chi connectivity index (χ0v) is 24.1. The van der Waals surface area contributed by atoms with Crippen LogP contribution in [0.5, 0.6) is 6.01 Å². The molecule has 2 aromatic carbocycles. The highest BCUT2D eigenvalue weighted by atomic mass is 19.4. The molecule has 2 fully saturated rings. The van der Waals surface area contributed by atoms with E-state index >= 15 is 0 Å². The number of fused-ring (bicyclic) bond motifs is 2. The lowest BCUT2D eigenvalue weighted by molar-refractivity contribution is -0.146. The van der Waals surface area contributed by atoms with Crippen molar-refractivity contribution in [3.8, 4) is 11.7 Å². The minimum atomic E-state index is -4.93. The molecule has 2 aliphatic rings. The summed E-state index contributed by atoms with van der Waals surface area (Å²) in [7, 11) is 2.02. The second kappa shape index (κ2) is 10.8. The number of nitrogens with zero attached hydrogens (tertiary/aromatic N) is 6. The Kier molecular flexibility index (Phi) is 7.30. The van der Waals surface area contributed by atoms with Crippen LogP contribution in [0.2, 0.25) is 0 Å². The molecule has 12 heteroatoms. The molecular formula is C30H34F3N7O2. The van der Waals surface area contributed by atoms with Gasteiger partial charge in [0, 0.05) is 36.6 Å². The Morgan fingerprint density at radius 3 is 2.40 bits per heavy atom. The molecule has 0 radical (unpaired) electrons. The largest absolute Gasteiger partial charge is 0.462 e. The van der Waals surface area contributed by atoms with Gasteiger partial charge in [0.25, 0.3) is 5.56 Å². The average molecular weight is 582 g/mol. The van der Waals surface area contributed by atoms with Crippen LogP contribution in [-0.4, -0.2) is 75.8 Å². The summed E-state index contributed by atoms with van der Waals surface area (Å²) in [6, 6.07) is 10.2. The van der Waals surface area contributed by atoms with Crippen molar-refractivity contribution in [2.75, 3.05) is 38.2 Å². The van der Waals surface area contributed by atoms with Gasteiger partial charge >= 0.3 is 12.2 Å². The van der Waals surface area contributed by atoms with Gasteiger partial charge in [-0.05, 0) is 64.2 Å². The number of hydrogen-bond donors (Lipinski definition) is 1. The summed E-state index contributed by atoms with van der Waals surface area (Å²) in [5.74, 6) is -1.16. The number of aryl methyl sites for hydroxylation is 1. The van der Waals surface area contributed by atoms with E-state index in [1.165, 1.54) is 6.07 Å². The first-order valence-electron chi connectivity index (χ1n) is 14.3. The van der Waals surface area contributed by atoms with Gasteiger partial charge in [-0.2, -0.15) is 23.1 Å². The van der Waals surface area contributed by atoms with Crippen molar-refractivity contribution in [3.05, 3.63) is 58.1 Å². The fourth-order valence-electron chi connectivity index (χ4n) is 6.29. The summed E-state index contributed by atoms with van der Waals surface area (Å²) >= 11 is 0. The van der Waals surface area contributed by atoms with Crippen molar-refractivity contribution in [1.29, 1.82) is 0 Å². The summed E-state index contributed by atoms with van der Waals surface area (Å²) in [6.45, 7) is 8.16. The van der Waals surface area contributed by atoms with Crippen molar-refractivity contribution in [2.45, 2.75) is 57.9 Å². The minimum Gasteiger partial charge on any atom is -0.462 e. The van der Waals surface area contributed by atoms with Crippen molar-refractivity contribution in [1.82, 2.24) is 29.7 Å². The SMILES string of the molecule is Cc1cccc2cccc(-n3c(C(F)(F)F)nc4c(N5[C@@H](C)CNC[C@@H]5C)nc(OC[C@@H]5CCCN5C)nc4c3=O)c12. The van der Waals surface area contributed by atoms with Crippen LogP contribution in [0.25, 0.3) is 27.5 Å². The number of alkyl halides is 3. The molecule has 42 heavy (non-hydrogen) atoms. The zero-order chi connectivity index (χ0) is 29.8. The van der Waals surface area contributed by atoms with Crippen LogP contribution in [0.4, 0.5) is 19.0 Å². The lowest BCUT2D eigenvalue weighted by Crippen LogP contribution is -2.55. The van der Waals surface area contributed by atoms with Crippen molar-refractivity contribution in [2.24, 2.45) is 0 Å². The van der Waals surface area contributed by atoms with E-state index in [2.05, 4.69) is 25.2 Å². The molecule has 6 rings (SSSR count). The van der Waals surface area contributed by atoms with Crippen LogP contribution >= 0.6 is 0 Å². The highest BCUT2D eigenvalue weighted by Crippen LogP contribution is 2.35. The smallest absolute Gasteiger partial charge is 0.450 e. The van der Waals surface area contributed by atoms with Crippen LogP contribution in [0.15, 0.2) is 41.2 Å². The third-order valence-corrected chi connectivity index (χ3v) is 8.42. The molecular weight excluding hydrogens is 547 g/mol. The zero-order valence-electron chi connectivity index (χ0n) is 24.1. The van der Waals surface area contributed by atoms with Crippen LogP contribution in [0.1, 0.15) is 38.1 Å². The Labute approximate surface area is 241 Å². The number of anilines is 1. The predicted molar refractivity (Wildman–Crippen MR) is 156 cm³/mol. The highest BCUT2D eigenvalue weighted by molar-refractivity contribution is 5.94. The number of hydrogen-bond acceptors (Lipinski definition) is 8. The highest BCUT2D eigenvalue weighted by Gasteiger charge is 2.40. The Morgan fingerprint density at radius 1 is 1.02 bits per heavy atom. The monoisotopic (exact) mass is 581 g/mol. The van der Waals surface area contributed by atoms with Gasteiger partial charge in [-0.25, -0.2) is 4.98 Å². The molecule has 4 aromatic rings. The van der Waals surface area contributed by atoms with Gasteiger partial charge in [-0.1, -0.05) is 30.3 Å². The minimum absolute atomic E-state index is 0.0463. The van der Waals surface area contributed by atoms with Crippen LogP contribution < -0.4 is 20.5 Å². The van der Waals surface area contributed by atoms with Gasteiger partial charge in [0.15, 0.2) is 11.3 Å². The van der Waals surface area contributed by atoms with E-state index < -0.39 is 17.6 Å². The van der Waals surface area contributed by atoms with Crippen LogP contribution in [0.3, 0.4) is 0 Å². The maximum atomic E-state index is 14.8. The fourth-order valence-corrected chi connectivity index (χ4v) is 6.29. The first-order chi connectivity index (χ1) is 20.0. The first-order valence-corrected chi connectivity index (χ1v) is 14.3. The molecule has 1 N–H and O–H groups in total. The quantitative estimate of drug-likeness (QED) is 0.373. The van der Waals surface area contributed by atoms with E-state index in [9.17, 15) is 18.0 Å². The first kappa shape index (κ1) is 28.4. The normalized spacial score (nSPS) is 21.9. The number of likely N-dealkylation sites (N-methyl/N-ethyl adjacent to an activating group) is 1. The molecule has 0 amide bonds. The van der Waals surface area contributed by atoms with Gasteiger partial charge < -0.3 is 19.9 Å². The van der Waals surface area contributed by atoms with Gasteiger partial charge in [0.05, 0.1) is 5.69 Å². The molecule has 222 valence electrons. The third kappa shape index (κ3) is 4.96. The summed E-state index contributed by atoms with van der Waals surface area (Å²) in [5.41, 5.74) is -0.501. The molecule has 0 saturated carbocycles. The Morgan fingerprint density at radius 2 is 1.74 bits per heavy atom. The number of likely N-dealkylation sites (tertiary alicyclic amines) is 1. The topological polar surface area (TPSA) is 88.4 Å². The Hall–Kier alpha value is -3.77. The van der Waals surface area contributed by atoms with Gasteiger partial charge in [0.1, 0.15) is 12.1 Å². The summed E-state index contributed by atoms with van der Waals surface area (Å²) in [4.78, 5) is 31.5. The molecule has 0 bridgehead atoms. The summed E-state index contributed by atoms with van der Waals surface area (Å²) in [5, 5.41) is 4.57. The van der Waals surface area contributed by atoms with E-state index in [0.29, 0.717) is 35.0 Å². The number of ether oxygens (including phenoxy) is 1. The van der Waals surface area contributed by atoms with Gasteiger partial charge in [0.2, 0.25) is 5.82 Å². The molecule has 0 spiro atoms. The van der Waals surface area contributed by atoms with Crippen LogP contribution in [0, 0.1) is 6.92 Å². The van der Waals surface area contributed by atoms with Crippen molar-refractivity contribution in [3.63, 3.8) is 0 Å². The maximum absolute atomic E-state index is 14.8. The van der Waals surface area contributed by atoms with E-state index in [1.807, 2.05) is 31.9 Å². The van der Waals surface area contributed by atoms with E-state index in [4.69, 9.17) is 4.74 Å². The van der Waals surface area contributed by atoms with E-state index in [1.54, 1.807) is 31.2 Å². The Balaban J connectivity index is 1.63. The van der Waals surface area contributed by atoms with E-state index in [-0.39, 0.29) is 46.7 Å². The molecule has 0 aliphatic carbocycles. The Bertz CT molecular complexity index is 1690. The molecule has 2 saturated heterocycles. The number of nitrogens with one attached hydrogen (secondary N) is 1. The molecule has 2 aliphatic heterocycles. The lowest BCUT2D eigenvalue weighted by Gasteiger charge is -2.40. The fraction of sp³-hybridized carbons (Fsp3) is 0.467. The lowest BCUT2D eigenvalue weighted by atomic mass is 10.0. The second-order valence-electron chi connectivity index (χ2n) is 11.4. The number of rotatable bonds is 5. The number of aromatic nitrogens is 4. The van der Waals surface area contributed by atoms with Crippen LogP contribution in [-0.2, 0) is 6.18 Å². The van der Waals surface area contributed by atoms with Gasteiger partial charge in [-0.3, -0.25) is 9.36 Å². The number of halogens is 3. The average Bonchev–Trinajstić information content (AvgIpc) is 3.35. The molecule has 0 unspecified atom stereocenters.